The summed E-state index contributed by atoms with van der Waals surface area (Å²) >= 11 is 6.27. The lowest BCUT2D eigenvalue weighted by Gasteiger charge is -2.35. The summed E-state index contributed by atoms with van der Waals surface area (Å²) < 4.78 is 11.1. The zero-order valence-corrected chi connectivity index (χ0v) is 16.7. The SMILES string of the molecule is O=C(CCC1CCCC1)N1CCN(Cc2cc(Cl)cc3c2OCOC3)CC1. The number of ether oxygens (including phenoxy) is 2. The van der Waals surface area contributed by atoms with Gasteiger partial charge in [-0.05, 0) is 24.5 Å². The van der Waals surface area contributed by atoms with Crippen LogP contribution in [0.4, 0.5) is 0 Å². The van der Waals surface area contributed by atoms with Gasteiger partial charge in [-0.1, -0.05) is 37.3 Å². The molecular weight excluding hydrogens is 364 g/mol. The van der Waals surface area contributed by atoms with E-state index >= 15 is 0 Å². The molecule has 1 aliphatic carbocycles. The maximum Gasteiger partial charge on any atom is 0.222 e. The van der Waals surface area contributed by atoms with Crippen molar-refractivity contribution in [2.75, 3.05) is 33.0 Å². The van der Waals surface area contributed by atoms with Gasteiger partial charge in [0, 0.05) is 55.3 Å². The number of carbonyl (C=O) groups excluding carboxylic acids is 1. The Morgan fingerprint density at radius 3 is 2.70 bits per heavy atom. The van der Waals surface area contributed by atoms with Crippen molar-refractivity contribution in [2.24, 2.45) is 5.92 Å². The quantitative estimate of drug-likeness (QED) is 0.763. The van der Waals surface area contributed by atoms with E-state index in [0.29, 0.717) is 19.3 Å². The van der Waals surface area contributed by atoms with Crippen molar-refractivity contribution in [3.05, 3.63) is 28.3 Å². The number of nitrogens with zero attached hydrogens (tertiary/aromatic N) is 2. The molecule has 0 N–H and O–H groups in total. The topological polar surface area (TPSA) is 42.0 Å². The van der Waals surface area contributed by atoms with Crippen molar-refractivity contribution in [2.45, 2.75) is 51.7 Å². The van der Waals surface area contributed by atoms with Crippen LogP contribution in [0.15, 0.2) is 12.1 Å². The second kappa shape index (κ2) is 8.80. The molecule has 0 unspecified atom stereocenters. The van der Waals surface area contributed by atoms with E-state index in [1.54, 1.807) is 0 Å². The zero-order chi connectivity index (χ0) is 18.6. The Balaban J connectivity index is 1.28. The van der Waals surface area contributed by atoms with Crippen molar-refractivity contribution in [3.63, 3.8) is 0 Å². The zero-order valence-electron chi connectivity index (χ0n) is 15.9. The van der Waals surface area contributed by atoms with E-state index in [0.717, 1.165) is 73.4 Å². The van der Waals surface area contributed by atoms with Crippen LogP contribution in [0.5, 0.6) is 5.75 Å². The van der Waals surface area contributed by atoms with Crippen molar-refractivity contribution in [1.82, 2.24) is 9.80 Å². The molecule has 4 rings (SSSR count). The number of carbonyl (C=O) groups is 1. The molecule has 3 aliphatic rings. The van der Waals surface area contributed by atoms with Gasteiger partial charge in [0.1, 0.15) is 5.75 Å². The monoisotopic (exact) mass is 392 g/mol. The van der Waals surface area contributed by atoms with Gasteiger partial charge < -0.3 is 14.4 Å². The Morgan fingerprint density at radius 1 is 1.15 bits per heavy atom. The summed E-state index contributed by atoms with van der Waals surface area (Å²) in [6.07, 6.45) is 7.13. The minimum Gasteiger partial charge on any atom is -0.467 e. The molecule has 0 bridgehead atoms. The minimum absolute atomic E-state index is 0.297. The molecule has 0 radical (unpaired) electrons. The molecule has 1 aromatic rings. The fourth-order valence-corrected chi connectivity index (χ4v) is 4.82. The van der Waals surface area contributed by atoms with Gasteiger partial charge in [0.25, 0.3) is 0 Å². The molecule has 1 saturated carbocycles. The van der Waals surface area contributed by atoms with Crippen LogP contribution in [0.25, 0.3) is 0 Å². The number of fused-ring (bicyclic) bond motifs is 1. The summed E-state index contributed by atoms with van der Waals surface area (Å²) in [6, 6.07) is 3.91. The summed E-state index contributed by atoms with van der Waals surface area (Å²) in [6.45, 7) is 5.07. The highest BCUT2D eigenvalue weighted by atomic mass is 35.5. The maximum atomic E-state index is 12.5. The van der Waals surface area contributed by atoms with Crippen LogP contribution in [-0.4, -0.2) is 48.7 Å². The van der Waals surface area contributed by atoms with Gasteiger partial charge in [0.15, 0.2) is 6.79 Å². The standard InChI is InChI=1S/C21H29ClN2O3/c22-19-11-17(21-18(12-19)14-26-15-27-21)13-23-7-9-24(10-8-23)20(25)6-5-16-3-1-2-4-16/h11-12,16H,1-10,13-15H2. The predicted octanol–water partition coefficient (Wildman–Crippen LogP) is 3.82. The highest BCUT2D eigenvalue weighted by Crippen LogP contribution is 2.33. The highest BCUT2D eigenvalue weighted by molar-refractivity contribution is 6.30. The molecule has 0 spiro atoms. The smallest absolute Gasteiger partial charge is 0.222 e. The number of benzene rings is 1. The van der Waals surface area contributed by atoms with Crippen molar-refractivity contribution >= 4 is 17.5 Å². The first-order valence-corrected chi connectivity index (χ1v) is 10.6. The first kappa shape index (κ1) is 19.0. The van der Waals surface area contributed by atoms with Crippen LogP contribution >= 0.6 is 11.6 Å². The van der Waals surface area contributed by atoms with E-state index in [2.05, 4.69) is 4.90 Å². The number of hydrogen-bond acceptors (Lipinski definition) is 4. The van der Waals surface area contributed by atoms with Crippen LogP contribution in [0.2, 0.25) is 5.02 Å². The van der Waals surface area contributed by atoms with E-state index in [1.807, 2.05) is 17.0 Å². The van der Waals surface area contributed by atoms with E-state index in [-0.39, 0.29) is 0 Å². The summed E-state index contributed by atoms with van der Waals surface area (Å²) in [4.78, 5) is 16.9. The molecule has 5 nitrogen and oxygen atoms in total. The molecule has 2 aliphatic heterocycles. The Bertz CT molecular complexity index is 668. The third-order valence-corrected chi connectivity index (χ3v) is 6.33. The summed E-state index contributed by atoms with van der Waals surface area (Å²) in [7, 11) is 0. The molecule has 148 valence electrons. The lowest BCUT2D eigenvalue weighted by molar-refractivity contribution is -0.133. The number of hydrogen-bond donors (Lipinski definition) is 0. The van der Waals surface area contributed by atoms with Crippen LogP contribution < -0.4 is 4.74 Å². The molecule has 0 aromatic heterocycles. The Hall–Kier alpha value is -1.30. The number of piperazine rings is 1. The van der Waals surface area contributed by atoms with Gasteiger partial charge in [0.2, 0.25) is 5.91 Å². The van der Waals surface area contributed by atoms with Crippen molar-refractivity contribution < 1.29 is 14.3 Å². The number of amides is 1. The molecule has 1 saturated heterocycles. The molecular formula is C21H29ClN2O3. The number of halogens is 1. The molecule has 1 aromatic carbocycles. The van der Waals surface area contributed by atoms with Crippen LogP contribution in [0.1, 0.15) is 49.7 Å². The normalized spacial score (nSPS) is 21.1. The third-order valence-electron chi connectivity index (χ3n) is 6.11. The average Bonchev–Trinajstić information content (AvgIpc) is 3.20. The molecule has 6 heteroatoms. The van der Waals surface area contributed by atoms with Crippen molar-refractivity contribution in [1.29, 1.82) is 0 Å². The minimum atomic E-state index is 0.297. The van der Waals surface area contributed by atoms with Gasteiger partial charge in [-0.3, -0.25) is 9.69 Å². The van der Waals surface area contributed by atoms with E-state index in [4.69, 9.17) is 21.1 Å². The largest absolute Gasteiger partial charge is 0.467 e. The van der Waals surface area contributed by atoms with Crippen molar-refractivity contribution in [3.8, 4) is 5.75 Å². The van der Waals surface area contributed by atoms with Crippen LogP contribution in [0.3, 0.4) is 0 Å². The predicted molar refractivity (Wildman–Crippen MR) is 105 cm³/mol. The fourth-order valence-electron chi connectivity index (χ4n) is 4.56. The Morgan fingerprint density at radius 2 is 1.93 bits per heavy atom. The van der Waals surface area contributed by atoms with E-state index < -0.39 is 0 Å². The molecule has 27 heavy (non-hydrogen) atoms. The first-order valence-electron chi connectivity index (χ1n) is 10.2. The molecule has 0 atom stereocenters. The van der Waals surface area contributed by atoms with E-state index in [9.17, 15) is 4.79 Å². The third kappa shape index (κ3) is 4.76. The number of rotatable bonds is 5. The summed E-state index contributed by atoms with van der Waals surface area (Å²) in [5.74, 6) is 2.04. The van der Waals surface area contributed by atoms with Gasteiger partial charge in [-0.25, -0.2) is 0 Å². The molecule has 2 fully saturated rings. The molecule has 2 heterocycles. The summed E-state index contributed by atoms with van der Waals surface area (Å²) in [5.41, 5.74) is 2.13. The highest BCUT2D eigenvalue weighted by Gasteiger charge is 2.24. The average molecular weight is 393 g/mol. The first-order chi connectivity index (χ1) is 13.2. The maximum absolute atomic E-state index is 12.5. The van der Waals surface area contributed by atoms with E-state index in [1.165, 1.54) is 25.7 Å². The van der Waals surface area contributed by atoms with Crippen LogP contribution in [0, 0.1) is 5.92 Å². The fraction of sp³-hybridized carbons (Fsp3) is 0.667. The summed E-state index contributed by atoms with van der Waals surface area (Å²) in [5, 5.41) is 0.721. The van der Waals surface area contributed by atoms with Gasteiger partial charge in [-0.2, -0.15) is 0 Å². The Labute approximate surface area is 166 Å². The van der Waals surface area contributed by atoms with Crippen LogP contribution in [-0.2, 0) is 22.7 Å². The van der Waals surface area contributed by atoms with Gasteiger partial charge in [0.05, 0.1) is 6.61 Å². The van der Waals surface area contributed by atoms with Gasteiger partial charge in [-0.15, -0.1) is 0 Å². The lowest BCUT2D eigenvalue weighted by atomic mass is 10.0. The lowest BCUT2D eigenvalue weighted by Crippen LogP contribution is -2.48. The second-order valence-corrected chi connectivity index (χ2v) is 8.45. The second-order valence-electron chi connectivity index (χ2n) is 8.01. The van der Waals surface area contributed by atoms with Gasteiger partial charge >= 0.3 is 0 Å². The Kier molecular flexibility index (Phi) is 6.21. The molecule has 1 amide bonds.